The van der Waals surface area contributed by atoms with E-state index in [1.54, 1.807) is 6.92 Å². The second-order valence-electron chi connectivity index (χ2n) is 3.41. The topological polar surface area (TPSA) is 42.4 Å². The van der Waals surface area contributed by atoms with Crippen molar-refractivity contribution in [3.05, 3.63) is 23.5 Å². The minimum atomic E-state index is -0.444. The van der Waals surface area contributed by atoms with E-state index in [4.69, 9.17) is 9.84 Å². The van der Waals surface area contributed by atoms with Crippen molar-refractivity contribution in [1.82, 2.24) is 4.98 Å². The van der Waals surface area contributed by atoms with Crippen LogP contribution in [0.3, 0.4) is 0 Å². The molecular formula is C11H17NO2. The van der Waals surface area contributed by atoms with Gasteiger partial charge in [-0.2, -0.15) is 0 Å². The summed E-state index contributed by atoms with van der Waals surface area (Å²) in [4.78, 5) is 4.36. The van der Waals surface area contributed by atoms with Gasteiger partial charge >= 0.3 is 0 Å². The lowest BCUT2D eigenvalue weighted by atomic mass is 10.2. The second kappa shape index (κ2) is 4.96. The molecule has 3 nitrogen and oxygen atoms in total. The Bertz CT molecular complexity index is 297. The Balaban J connectivity index is 2.75. The van der Waals surface area contributed by atoms with Gasteiger partial charge in [0.1, 0.15) is 12.4 Å². The summed E-state index contributed by atoms with van der Waals surface area (Å²) in [7, 11) is 0. The number of aliphatic hydroxyl groups is 1. The zero-order valence-electron chi connectivity index (χ0n) is 8.95. The van der Waals surface area contributed by atoms with Crippen LogP contribution in [0, 0.1) is 6.92 Å². The number of aliphatic hydroxyl groups excluding tert-OH is 1. The van der Waals surface area contributed by atoms with Crippen molar-refractivity contribution in [2.45, 2.75) is 33.3 Å². The average molecular weight is 195 g/mol. The fourth-order valence-corrected chi connectivity index (χ4v) is 1.19. The fraction of sp³-hybridized carbons (Fsp3) is 0.545. The zero-order valence-corrected chi connectivity index (χ0v) is 8.95. The lowest BCUT2D eigenvalue weighted by Crippen LogP contribution is -2.14. The number of rotatable bonds is 4. The molecule has 0 unspecified atom stereocenters. The van der Waals surface area contributed by atoms with Crippen molar-refractivity contribution >= 4 is 0 Å². The first kappa shape index (κ1) is 11.0. The Morgan fingerprint density at radius 2 is 2.21 bits per heavy atom. The van der Waals surface area contributed by atoms with Crippen LogP contribution >= 0.6 is 0 Å². The van der Waals surface area contributed by atoms with Gasteiger partial charge in [-0.15, -0.1) is 0 Å². The summed E-state index contributed by atoms with van der Waals surface area (Å²) in [5.74, 6) is 0.777. The van der Waals surface area contributed by atoms with Gasteiger partial charge in [0, 0.05) is 5.69 Å². The monoisotopic (exact) mass is 195 g/mol. The molecule has 1 rings (SSSR count). The molecule has 0 fully saturated rings. The van der Waals surface area contributed by atoms with E-state index in [0.717, 1.165) is 23.6 Å². The minimum Gasteiger partial charge on any atom is -0.489 e. The van der Waals surface area contributed by atoms with Gasteiger partial charge in [0.05, 0.1) is 11.8 Å². The highest BCUT2D eigenvalue weighted by molar-refractivity contribution is 5.29. The highest BCUT2D eigenvalue weighted by Crippen LogP contribution is 2.17. The van der Waals surface area contributed by atoms with E-state index in [1.165, 1.54) is 0 Å². The van der Waals surface area contributed by atoms with Crippen LogP contribution < -0.4 is 4.74 Å². The number of ether oxygens (including phenoxy) is 1. The summed E-state index contributed by atoms with van der Waals surface area (Å²) in [6.45, 7) is 6.01. The predicted octanol–water partition coefficient (Wildman–Crippen LogP) is 1.71. The molecule has 0 saturated carbocycles. The van der Waals surface area contributed by atoms with Gasteiger partial charge in [-0.05, 0) is 32.4 Å². The minimum absolute atomic E-state index is 0.317. The highest BCUT2D eigenvalue weighted by atomic mass is 16.5. The van der Waals surface area contributed by atoms with Crippen LogP contribution in [-0.2, 0) is 6.42 Å². The third-order valence-corrected chi connectivity index (χ3v) is 1.89. The summed E-state index contributed by atoms with van der Waals surface area (Å²) >= 11 is 0. The number of aryl methyl sites for hydroxylation is 2. The van der Waals surface area contributed by atoms with E-state index in [1.807, 2.05) is 26.0 Å². The standard InChI is InChI=1S/C11H17NO2/c1-4-10-11(14-7-9(3)13)6-5-8(2)12-10/h5-6,9,13H,4,7H2,1-3H3/t9-/m1/s1. The van der Waals surface area contributed by atoms with Crippen molar-refractivity contribution < 1.29 is 9.84 Å². The molecule has 0 spiro atoms. The molecule has 0 radical (unpaired) electrons. The van der Waals surface area contributed by atoms with Gasteiger partial charge in [0.15, 0.2) is 0 Å². The lowest BCUT2D eigenvalue weighted by molar-refractivity contribution is 0.122. The maximum absolute atomic E-state index is 9.09. The molecule has 0 bridgehead atoms. The molecular weight excluding hydrogens is 178 g/mol. The van der Waals surface area contributed by atoms with Crippen molar-refractivity contribution in [2.24, 2.45) is 0 Å². The maximum atomic E-state index is 9.09. The second-order valence-corrected chi connectivity index (χ2v) is 3.41. The largest absolute Gasteiger partial charge is 0.489 e. The van der Waals surface area contributed by atoms with Crippen LogP contribution in [-0.4, -0.2) is 22.8 Å². The van der Waals surface area contributed by atoms with E-state index < -0.39 is 6.10 Å². The van der Waals surface area contributed by atoms with Crippen molar-refractivity contribution in [2.75, 3.05) is 6.61 Å². The summed E-state index contributed by atoms with van der Waals surface area (Å²) in [5, 5.41) is 9.09. The molecule has 1 atom stereocenters. The van der Waals surface area contributed by atoms with Gasteiger partial charge in [0.2, 0.25) is 0 Å². The molecule has 14 heavy (non-hydrogen) atoms. The zero-order chi connectivity index (χ0) is 10.6. The highest BCUT2D eigenvalue weighted by Gasteiger charge is 2.04. The third-order valence-electron chi connectivity index (χ3n) is 1.89. The lowest BCUT2D eigenvalue weighted by Gasteiger charge is -2.11. The Kier molecular flexibility index (Phi) is 3.89. The summed E-state index contributed by atoms with van der Waals surface area (Å²) in [6.07, 6.45) is 0.401. The van der Waals surface area contributed by atoms with Gasteiger partial charge in [-0.25, -0.2) is 0 Å². The van der Waals surface area contributed by atoms with Gasteiger partial charge < -0.3 is 9.84 Å². The Morgan fingerprint density at radius 1 is 1.50 bits per heavy atom. The van der Waals surface area contributed by atoms with Gasteiger partial charge in [0.25, 0.3) is 0 Å². The molecule has 1 aromatic heterocycles. The number of pyridine rings is 1. The maximum Gasteiger partial charge on any atom is 0.140 e. The number of aromatic nitrogens is 1. The van der Waals surface area contributed by atoms with E-state index in [0.29, 0.717) is 6.61 Å². The molecule has 0 saturated heterocycles. The summed E-state index contributed by atoms with van der Waals surface area (Å²) in [5.41, 5.74) is 1.94. The number of hydrogen-bond acceptors (Lipinski definition) is 3. The van der Waals surface area contributed by atoms with Gasteiger partial charge in [-0.1, -0.05) is 6.92 Å². The number of nitrogens with zero attached hydrogens (tertiary/aromatic N) is 1. The molecule has 1 aromatic rings. The fourth-order valence-electron chi connectivity index (χ4n) is 1.19. The Morgan fingerprint density at radius 3 is 2.79 bits per heavy atom. The van der Waals surface area contributed by atoms with Crippen molar-refractivity contribution in [3.8, 4) is 5.75 Å². The first-order valence-electron chi connectivity index (χ1n) is 4.91. The van der Waals surface area contributed by atoms with Crippen LogP contribution in [0.4, 0.5) is 0 Å². The van der Waals surface area contributed by atoms with E-state index in [-0.39, 0.29) is 0 Å². The molecule has 0 aliphatic heterocycles. The summed E-state index contributed by atoms with van der Waals surface area (Å²) in [6, 6.07) is 3.82. The van der Waals surface area contributed by atoms with Crippen LogP contribution in [0.2, 0.25) is 0 Å². The Labute approximate surface area is 84.7 Å². The molecule has 78 valence electrons. The molecule has 0 aromatic carbocycles. The first-order valence-corrected chi connectivity index (χ1v) is 4.91. The van der Waals surface area contributed by atoms with Gasteiger partial charge in [-0.3, -0.25) is 4.98 Å². The van der Waals surface area contributed by atoms with Crippen LogP contribution in [0.5, 0.6) is 5.75 Å². The third kappa shape index (κ3) is 3.00. The molecule has 0 aliphatic rings. The smallest absolute Gasteiger partial charge is 0.140 e. The predicted molar refractivity (Wildman–Crippen MR) is 55.5 cm³/mol. The first-order chi connectivity index (χ1) is 6.63. The number of hydrogen-bond donors (Lipinski definition) is 1. The van der Waals surface area contributed by atoms with Crippen molar-refractivity contribution in [3.63, 3.8) is 0 Å². The summed E-state index contributed by atoms with van der Waals surface area (Å²) < 4.78 is 5.43. The van der Waals surface area contributed by atoms with Crippen LogP contribution in [0.25, 0.3) is 0 Å². The van der Waals surface area contributed by atoms with Crippen LogP contribution in [0.1, 0.15) is 25.2 Å². The molecule has 1 heterocycles. The average Bonchev–Trinajstić information content (AvgIpc) is 2.15. The molecule has 0 aliphatic carbocycles. The Hall–Kier alpha value is -1.09. The normalized spacial score (nSPS) is 12.6. The van der Waals surface area contributed by atoms with E-state index >= 15 is 0 Å². The van der Waals surface area contributed by atoms with E-state index in [9.17, 15) is 0 Å². The molecule has 0 amide bonds. The van der Waals surface area contributed by atoms with Crippen molar-refractivity contribution in [1.29, 1.82) is 0 Å². The quantitative estimate of drug-likeness (QED) is 0.795. The molecule has 1 N–H and O–H groups in total. The molecule has 3 heteroatoms. The van der Waals surface area contributed by atoms with E-state index in [2.05, 4.69) is 4.98 Å². The SMILES string of the molecule is CCc1nc(C)ccc1OC[C@@H](C)O. The van der Waals surface area contributed by atoms with Crippen LogP contribution in [0.15, 0.2) is 12.1 Å².